The molecule has 0 amide bonds. The van der Waals surface area contributed by atoms with Gasteiger partial charge in [-0.2, -0.15) is 0 Å². The van der Waals surface area contributed by atoms with Gasteiger partial charge < -0.3 is 5.21 Å². The number of nitrogens with zero attached hydrogens (tertiary/aromatic N) is 1. The summed E-state index contributed by atoms with van der Waals surface area (Å²) in [5.41, 5.74) is 1.60. The summed E-state index contributed by atoms with van der Waals surface area (Å²) < 4.78 is 0. The van der Waals surface area contributed by atoms with Crippen molar-refractivity contribution in [2.24, 2.45) is 16.5 Å². The van der Waals surface area contributed by atoms with Crippen LogP contribution in [0.25, 0.3) is 0 Å². The second-order valence-electron chi connectivity index (χ2n) is 4.05. The predicted octanol–water partition coefficient (Wildman–Crippen LogP) is 3.07. The Labute approximate surface area is 75.0 Å². The first-order valence-electron chi connectivity index (χ1n) is 4.22. The lowest BCUT2D eigenvalue weighted by molar-refractivity contribution is 0.307. The van der Waals surface area contributed by atoms with Crippen molar-refractivity contribution in [3.63, 3.8) is 0 Å². The number of hydrogen-bond acceptors (Lipinski definition) is 2. The van der Waals surface area contributed by atoms with E-state index in [1.165, 1.54) is 0 Å². The van der Waals surface area contributed by atoms with Crippen LogP contribution in [-0.4, -0.2) is 10.9 Å². The number of hydrogen-bond donors (Lipinski definition) is 1. The summed E-state index contributed by atoms with van der Waals surface area (Å²) in [6.45, 7) is 13.9. The highest BCUT2D eigenvalue weighted by Gasteiger charge is 2.28. The number of oxime groups is 1. The molecule has 0 aliphatic rings. The summed E-state index contributed by atoms with van der Waals surface area (Å²) in [5, 5.41) is 12.2. The molecule has 0 aliphatic heterocycles. The molecule has 2 heteroatoms. The number of rotatable bonds is 3. The van der Waals surface area contributed by atoms with Crippen molar-refractivity contribution in [2.45, 2.75) is 34.6 Å². The maximum atomic E-state index is 8.83. The molecule has 70 valence electrons. The molecule has 0 bridgehead atoms. The molecule has 1 N–H and O–H groups in total. The minimum Gasteiger partial charge on any atom is -0.411 e. The van der Waals surface area contributed by atoms with Crippen molar-refractivity contribution in [1.29, 1.82) is 0 Å². The summed E-state index contributed by atoms with van der Waals surface area (Å²) in [5.74, 6) is 0.252. The van der Waals surface area contributed by atoms with Gasteiger partial charge in [-0.1, -0.05) is 45.0 Å². The summed E-state index contributed by atoms with van der Waals surface area (Å²) in [7, 11) is 0. The molecule has 0 aromatic carbocycles. The Morgan fingerprint density at radius 2 is 1.83 bits per heavy atom. The maximum absolute atomic E-state index is 8.83. The van der Waals surface area contributed by atoms with Gasteiger partial charge in [0.25, 0.3) is 0 Å². The Morgan fingerprint density at radius 3 is 1.92 bits per heavy atom. The quantitative estimate of drug-likeness (QED) is 0.299. The average Bonchev–Trinajstić information content (AvgIpc) is 1.86. The third-order valence-electron chi connectivity index (χ3n) is 2.36. The van der Waals surface area contributed by atoms with Gasteiger partial charge in [0, 0.05) is 5.41 Å². The summed E-state index contributed by atoms with van der Waals surface area (Å²) in [4.78, 5) is 0. The van der Waals surface area contributed by atoms with Crippen LogP contribution < -0.4 is 0 Å². The second kappa shape index (κ2) is 3.74. The average molecular weight is 169 g/mol. The second-order valence-corrected chi connectivity index (χ2v) is 4.05. The highest BCUT2D eigenvalue weighted by molar-refractivity contribution is 5.93. The fourth-order valence-corrected chi connectivity index (χ4v) is 1.18. The molecule has 0 atom stereocenters. The molecule has 0 spiro atoms. The molecule has 12 heavy (non-hydrogen) atoms. The molecule has 0 radical (unpaired) electrons. The first-order valence-corrected chi connectivity index (χ1v) is 4.22. The summed E-state index contributed by atoms with van der Waals surface area (Å²) in [6.07, 6.45) is 0. The van der Waals surface area contributed by atoms with Gasteiger partial charge in [-0.3, -0.25) is 0 Å². The first kappa shape index (κ1) is 11.2. The molecule has 0 aromatic rings. The summed E-state index contributed by atoms with van der Waals surface area (Å²) in [6, 6.07) is 0. The molecule has 0 unspecified atom stereocenters. The van der Waals surface area contributed by atoms with Crippen LogP contribution in [0.4, 0.5) is 0 Å². The van der Waals surface area contributed by atoms with E-state index >= 15 is 0 Å². The molecule has 0 aliphatic carbocycles. The fraction of sp³-hybridized carbons (Fsp3) is 0.700. The van der Waals surface area contributed by atoms with Crippen molar-refractivity contribution < 1.29 is 5.21 Å². The largest absolute Gasteiger partial charge is 0.411 e. The Balaban J connectivity index is 4.87. The van der Waals surface area contributed by atoms with Gasteiger partial charge in [0.05, 0.1) is 5.71 Å². The maximum Gasteiger partial charge on any atom is 0.0692 e. The normalized spacial score (nSPS) is 13.7. The van der Waals surface area contributed by atoms with Crippen LogP contribution in [0.1, 0.15) is 34.6 Å². The number of allylic oxidation sites excluding steroid dienone is 1. The van der Waals surface area contributed by atoms with E-state index in [0.717, 1.165) is 11.3 Å². The van der Waals surface area contributed by atoms with E-state index < -0.39 is 0 Å². The SMILES string of the molecule is C=C(C)C(C)(C)/C(=N\O)C(C)C. The van der Waals surface area contributed by atoms with Crippen molar-refractivity contribution in [2.75, 3.05) is 0 Å². The van der Waals surface area contributed by atoms with Gasteiger partial charge in [0.1, 0.15) is 0 Å². The molecular formula is C10H19NO. The van der Waals surface area contributed by atoms with E-state index in [1.807, 2.05) is 34.6 Å². The van der Waals surface area contributed by atoms with Gasteiger partial charge in [-0.05, 0) is 12.8 Å². The van der Waals surface area contributed by atoms with Crippen LogP contribution in [0.15, 0.2) is 17.3 Å². The minimum absolute atomic E-state index is 0.205. The summed E-state index contributed by atoms with van der Waals surface area (Å²) >= 11 is 0. The highest BCUT2D eigenvalue weighted by Crippen LogP contribution is 2.29. The molecule has 0 heterocycles. The lowest BCUT2D eigenvalue weighted by Crippen LogP contribution is -2.29. The Bertz CT molecular complexity index is 202. The van der Waals surface area contributed by atoms with E-state index in [9.17, 15) is 0 Å². The van der Waals surface area contributed by atoms with Crippen LogP contribution in [0.2, 0.25) is 0 Å². The third kappa shape index (κ3) is 2.10. The first-order chi connectivity index (χ1) is 5.34. The topological polar surface area (TPSA) is 32.6 Å². The van der Waals surface area contributed by atoms with Crippen molar-refractivity contribution in [1.82, 2.24) is 0 Å². The zero-order chi connectivity index (χ0) is 9.94. The molecule has 0 rings (SSSR count). The molecular weight excluding hydrogens is 150 g/mol. The van der Waals surface area contributed by atoms with Crippen molar-refractivity contribution in [3.05, 3.63) is 12.2 Å². The van der Waals surface area contributed by atoms with Crippen LogP contribution in [0.3, 0.4) is 0 Å². The standard InChI is InChI=1S/C10H19NO/c1-7(2)9(11-12)10(5,6)8(3)4/h7,12H,3H2,1-2,4-6H3/b11-9-. The zero-order valence-corrected chi connectivity index (χ0v) is 8.68. The molecule has 0 fully saturated rings. The van der Waals surface area contributed by atoms with Crippen molar-refractivity contribution >= 4 is 5.71 Å². The monoisotopic (exact) mass is 169 g/mol. The molecule has 0 saturated carbocycles. The van der Waals surface area contributed by atoms with E-state index in [0.29, 0.717) is 0 Å². The van der Waals surface area contributed by atoms with Gasteiger partial charge >= 0.3 is 0 Å². The van der Waals surface area contributed by atoms with E-state index in [-0.39, 0.29) is 11.3 Å². The zero-order valence-electron chi connectivity index (χ0n) is 8.68. The molecule has 0 aromatic heterocycles. The lowest BCUT2D eigenvalue weighted by Gasteiger charge is -2.28. The fourth-order valence-electron chi connectivity index (χ4n) is 1.18. The molecule has 0 saturated heterocycles. The van der Waals surface area contributed by atoms with Crippen molar-refractivity contribution in [3.8, 4) is 0 Å². The lowest BCUT2D eigenvalue weighted by atomic mass is 9.77. The van der Waals surface area contributed by atoms with Gasteiger partial charge in [0.15, 0.2) is 0 Å². The van der Waals surface area contributed by atoms with Gasteiger partial charge in [-0.25, -0.2) is 0 Å². The Hall–Kier alpha value is -0.790. The Morgan fingerprint density at radius 1 is 1.42 bits per heavy atom. The van der Waals surface area contributed by atoms with E-state index in [2.05, 4.69) is 11.7 Å². The van der Waals surface area contributed by atoms with E-state index in [4.69, 9.17) is 5.21 Å². The van der Waals surface area contributed by atoms with Gasteiger partial charge in [0.2, 0.25) is 0 Å². The van der Waals surface area contributed by atoms with Crippen LogP contribution in [0.5, 0.6) is 0 Å². The smallest absolute Gasteiger partial charge is 0.0692 e. The van der Waals surface area contributed by atoms with Crippen LogP contribution in [-0.2, 0) is 0 Å². The van der Waals surface area contributed by atoms with Crippen LogP contribution >= 0.6 is 0 Å². The predicted molar refractivity (Wildman–Crippen MR) is 52.7 cm³/mol. The Kier molecular flexibility index (Phi) is 3.50. The minimum atomic E-state index is -0.205. The highest BCUT2D eigenvalue weighted by atomic mass is 16.4. The van der Waals surface area contributed by atoms with Gasteiger partial charge in [-0.15, -0.1) is 0 Å². The third-order valence-corrected chi connectivity index (χ3v) is 2.36. The van der Waals surface area contributed by atoms with E-state index in [1.54, 1.807) is 0 Å². The molecule has 2 nitrogen and oxygen atoms in total. The van der Waals surface area contributed by atoms with Crippen LogP contribution in [0, 0.1) is 11.3 Å².